The molecule has 0 bridgehead atoms. The first kappa shape index (κ1) is 36.8. The molecular formula is C35H35N11O8. The monoisotopic (exact) mass is 737 g/mol. The van der Waals surface area contributed by atoms with Crippen LogP contribution in [0.2, 0.25) is 0 Å². The van der Waals surface area contributed by atoms with Crippen molar-refractivity contribution in [3.63, 3.8) is 0 Å². The van der Waals surface area contributed by atoms with Crippen molar-refractivity contribution in [1.82, 2.24) is 45.6 Å². The molecule has 19 heteroatoms. The third kappa shape index (κ3) is 9.25. The van der Waals surface area contributed by atoms with E-state index < -0.39 is 29.1 Å². The van der Waals surface area contributed by atoms with Gasteiger partial charge in [0, 0.05) is 30.3 Å². The van der Waals surface area contributed by atoms with Crippen molar-refractivity contribution in [3.8, 4) is 5.88 Å². The number of H-pyrrole nitrogens is 1. The molecule has 0 fully saturated rings. The quantitative estimate of drug-likeness (QED) is 0.0770. The van der Waals surface area contributed by atoms with Crippen molar-refractivity contribution in [3.05, 3.63) is 104 Å². The van der Waals surface area contributed by atoms with Crippen LogP contribution < -0.4 is 32.9 Å². The first-order valence-electron chi connectivity index (χ1n) is 16.7. The highest BCUT2D eigenvalue weighted by molar-refractivity contribution is 5.96. The largest absolute Gasteiger partial charge is 0.480 e. The van der Waals surface area contributed by atoms with Crippen molar-refractivity contribution in [2.24, 2.45) is 0 Å². The molecule has 1 atom stereocenters. The molecule has 0 saturated carbocycles. The smallest absolute Gasteiger partial charge is 0.345 e. The van der Waals surface area contributed by atoms with Crippen LogP contribution in [0.4, 0.5) is 11.6 Å². The number of aryl methyl sites for hydroxylation is 1. The molecule has 2 amide bonds. The van der Waals surface area contributed by atoms with Gasteiger partial charge in [-0.1, -0.05) is 22.9 Å². The van der Waals surface area contributed by atoms with E-state index in [0.29, 0.717) is 27.8 Å². The maximum Gasteiger partial charge on any atom is 0.345 e. The second-order valence-electron chi connectivity index (χ2n) is 12.2. The predicted octanol–water partition coefficient (Wildman–Crippen LogP) is 1.59. The van der Waals surface area contributed by atoms with E-state index in [2.05, 4.69) is 46.2 Å². The lowest BCUT2D eigenvalue weighted by Gasteiger charge is -2.15. The SMILES string of the molecule is Cc1ccc2cc(-n3cc(COCCNC(=O)CCCC(NC(=O)c4ccc(NCc5cnc6nc(N)[nH]c(=O)c6n5)cc4)C(=O)O)nn3)oc(=O)c2c1. The number of aromatic nitrogens is 7. The Bertz CT molecular complexity index is 2440. The molecular weight excluding hydrogens is 702 g/mol. The third-order valence-corrected chi connectivity index (χ3v) is 8.10. The Balaban J connectivity index is 0.885. The summed E-state index contributed by atoms with van der Waals surface area (Å²) in [5, 5.41) is 27.2. The van der Waals surface area contributed by atoms with Crippen LogP contribution in [0.5, 0.6) is 0 Å². The first-order chi connectivity index (χ1) is 26.0. The number of anilines is 2. The van der Waals surface area contributed by atoms with Crippen LogP contribution in [0.15, 0.2) is 74.9 Å². The minimum absolute atomic E-state index is 0.0367. The van der Waals surface area contributed by atoms with Gasteiger partial charge in [-0.2, -0.15) is 9.67 Å². The fraction of sp³-hybridized carbons (Fsp3) is 0.257. The molecule has 0 spiro atoms. The summed E-state index contributed by atoms with van der Waals surface area (Å²) in [7, 11) is 0. The second kappa shape index (κ2) is 16.5. The van der Waals surface area contributed by atoms with E-state index in [9.17, 15) is 29.1 Å². The maximum absolute atomic E-state index is 12.8. The number of aliphatic carboxylic acids is 1. The van der Waals surface area contributed by atoms with E-state index in [1.54, 1.807) is 30.5 Å². The van der Waals surface area contributed by atoms with Crippen LogP contribution in [0, 0.1) is 6.92 Å². The van der Waals surface area contributed by atoms with Gasteiger partial charge in [-0.05, 0) is 55.5 Å². The zero-order valence-corrected chi connectivity index (χ0v) is 28.9. The summed E-state index contributed by atoms with van der Waals surface area (Å²) in [4.78, 5) is 76.2. The van der Waals surface area contributed by atoms with Gasteiger partial charge in [0.15, 0.2) is 11.2 Å². The number of nitrogens with zero attached hydrogens (tertiary/aromatic N) is 6. The number of amides is 2. The van der Waals surface area contributed by atoms with Gasteiger partial charge >= 0.3 is 11.6 Å². The number of aromatic amines is 1. The van der Waals surface area contributed by atoms with Crippen molar-refractivity contribution < 1.29 is 28.6 Å². The van der Waals surface area contributed by atoms with Crippen molar-refractivity contribution in [2.75, 3.05) is 24.2 Å². The van der Waals surface area contributed by atoms with E-state index in [4.69, 9.17) is 14.9 Å². The molecule has 278 valence electrons. The Morgan fingerprint density at radius 3 is 2.69 bits per heavy atom. The van der Waals surface area contributed by atoms with E-state index in [1.807, 2.05) is 19.1 Å². The number of carboxylic acid groups (broad SMARTS) is 1. The zero-order chi connectivity index (χ0) is 38.2. The molecule has 0 aliphatic carbocycles. The van der Waals surface area contributed by atoms with Crippen LogP contribution >= 0.6 is 0 Å². The number of carbonyl (C=O) groups is 3. The van der Waals surface area contributed by atoms with Gasteiger partial charge in [0.05, 0.1) is 43.2 Å². The molecule has 54 heavy (non-hydrogen) atoms. The molecule has 2 aromatic carbocycles. The molecule has 1 unspecified atom stereocenters. The van der Waals surface area contributed by atoms with Gasteiger partial charge in [0.2, 0.25) is 17.7 Å². The molecule has 7 N–H and O–H groups in total. The van der Waals surface area contributed by atoms with Gasteiger partial charge < -0.3 is 35.9 Å². The lowest BCUT2D eigenvalue weighted by molar-refractivity contribution is -0.139. The van der Waals surface area contributed by atoms with Crippen LogP contribution in [-0.2, 0) is 27.5 Å². The Hall–Kier alpha value is -7.02. The highest BCUT2D eigenvalue weighted by Crippen LogP contribution is 2.17. The van der Waals surface area contributed by atoms with Gasteiger partial charge in [-0.25, -0.2) is 19.6 Å². The molecule has 6 rings (SSSR count). The molecule has 4 heterocycles. The van der Waals surface area contributed by atoms with Crippen molar-refractivity contribution in [2.45, 2.75) is 45.4 Å². The van der Waals surface area contributed by atoms with E-state index in [1.165, 1.54) is 23.0 Å². The topological polar surface area (TPSA) is 275 Å². The molecule has 0 saturated heterocycles. The summed E-state index contributed by atoms with van der Waals surface area (Å²) in [5.74, 6) is -1.95. The van der Waals surface area contributed by atoms with E-state index in [0.717, 1.165) is 5.56 Å². The summed E-state index contributed by atoms with van der Waals surface area (Å²) in [5.41, 5.74) is 7.51. The van der Waals surface area contributed by atoms with Crippen LogP contribution in [0.3, 0.4) is 0 Å². The molecule has 6 aromatic rings. The van der Waals surface area contributed by atoms with Gasteiger partial charge in [0.25, 0.3) is 11.5 Å². The Labute approximate surface area is 305 Å². The lowest BCUT2D eigenvalue weighted by Crippen LogP contribution is -2.41. The average Bonchev–Trinajstić information content (AvgIpc) is 3.63. The van der Waals surface area contributed by atoms with Crippen LogP contribution in [0.25, 0.3) is 27.8 Å². The number of nitrogen functional groups attached to an aromatic ring is 1. The number of benzene rings is 2. The minimum atomic E-state index is -1.22. The first-order valence-corrected chi connectivity index (χ1v) is 16.7. The Morgan fingerprint density at radius 1 is 1.07 bits per heavy atom. The highest BCUT2D eigenvalue weighted by atomic mass is 16.5. The maximum atomic E-state index is 12.8. The molecule has 4 aromatic heterocycles. The summed E-state index contributed by atoms with van der Waals surface area (Å²) < 4.78 is 12.3. The number of carbonyl (C=O) groups excluding carboxylic acids is 2. The number of hydrogen-bond acceptors (Lipinski definition) is 14. The number of rotatable bonds is 16. The van der Waals surface area contributed by atoms with Crippen molar-refractivity contribution in [1.29, 1.82) is 0 Å². The number of fused-ring (bicyclic) bond motifs is 2. The van der Waals surface area contributed by atoms with Gasteiger partial charge in [0.1, 0.15) is 11.7 Å². The summed E-state index contributed by atoms with van der Waals surface area (Å²) in [6.07, 6.45) is 3.34. The lowest BCUT2D eigenvalue weighted by atomic mass is 10.1. The fourth-order valence-electron chi connectivity index (χ4n) is 5.35. The Kier molecular flexibility index (Phi) is 11.3. The summed E-state index contributed by atoms with van der Waals surface area (Å²) >= 11 is 0. The number of nitrogens with two attached hydrogens (primary N) is 1. The molecule has 19 nitrogen and oxygen atoms in total. The number of ether oxygens (including phenoxy) is 1. The number of hydrogen-bond donors (Lipinski definition) is 6. The van der Waals surface area contributed by atoms with Gasteiger partial charge in [-0.3, -0.25) is 19.4 Å². The fourth-order valence-corrected chi connectivity index (χ4v) is 5.35. The zero-order valence-electron chi connectivity index (χ0n) is 28.9. The third-order valence-electron chi connectivity index (χ3n) is 8.10. The highest BCUT2D eigenvalue weighted by Gasteiger charge is 2.21. The minimum Gasteiger partial charge on any atom is -0.480 e. The predicted molar refractivity (Wildman–Crippen MR) is 194 cm³/mol. The van der Waals surface area contributed by atoms with Crippen LogP contribution in [-0.4, -0.2) is 77.0 Å². The summed E-state index contributed by atoms with van der Waals surface area (Å²) in [6, 6.07) is 12.3. The number of carboxylic acids is 1. The number of nitrogens with one attached hydrogen (secondary N) is 4. The van der Waals surface area contributed by atoms with Crippen molar-refractivity contribution >= 4 is 51.4 Å². The van der Waals surface area contributed by atoms with E-state index in [-0.39, 0.29) is 80.0 Å². The van der Waals surface area contributed by atoms with Crippen LogP contribution in [0.1, 0.15) is 46.6 Å². The van der Waals surface area contributed by atoms with Gasteiger partial charge in [-0.15, -0.1) is 5.10 Å². The summed E-state index contributed by atoms with van der Waals surface area (Å²) in [6.45, 7) is 2.60. The molecule has 0 aliphatic heterocycles. The Morgan fingerprint density at radius 2 is 1.89 bits per heavy atom. The normalized spacial score (nSPS) is 11.7. The average molecular weight is 738 g/mol. The molecule has 0 aliphatic rings. The van der Waals surface area contributed by atoms with E-state index >= 15 is 0 Å². The second-order valence-corrected chi connectivity index (χ2v) is 12.2. The standard InChI is InChI=1S/C35H35N11O8/c1-19-5-6-21-14-28(54-34(52)25(21)13-19)46-17-24(44-45-46)18-53-12-11-37-27(47)4-2-3-26(33(50)51)41-31(48)20-7-9-22(10-8-20)38-15-23-16-39-30-29(40-23)32(49)43-35(36)42-30/h5-10,13-14,16-17,26,38H,2-4,11-12,15,18H2,1H3,(H,37,47)(H,41,48)(H,50,51)(H3,36,39,42,43,49). The molecule has 0 radical (unpaired) electrons.